The highest BCUT2D eigenvalue weighted by molar-refractivity contribution is 9.11. The predicted molar refractivity (Wildman–Crippen MR) is 82.5 cm³/mol. The van der Waals surface area contributed by atoms with Crippen LogP contribution in [-0.2, 0) is 4.74 Å². The van der Waals surface area contributed by atoms with E-state index in [0.29, 0.717) is 24.7 Å². The lowest BCUT2D eigenvalue weighted by atomic mass is 9.89. The molecule has 3 rings (SSSR count). The number of ether oxygens (including phenoxy) is 1. The highest BCUT2D eigenvalue weighted by Crippen LogP contribution is 2.36. The molecule has 106 valence electrons. The van der Waals surface area contributed by atoms with Crippen molar-refractivity contribution in [1.29, 1.82) is 0 Å². The summed E-state index contributed by atoms with van der Waals surface area (Å²) < 4.78 is 7.15. The van der Waals surface area contributed by atoms with Crippen LogP contribution in [0.1, 0.15) is 36.6 Å². The summed E-state index contributed by atoms with van der Waals surface area (Å²) in [5.74, 6) is 0. The van der Waals surface area contributed by atoms with Crippen molar-refractivity contribution >= 4 is 27.3 Å². The van der Waals surface area contributed by atoms with Gasteiger partial charge in [0, 0.05) is 24.0 Å². The molecular weight excluding hydrogens is 324 g/mol. The molecule has 3 nitrogen and oxygen atoms in total. The molecule has 0 radical (unpaired) electrons. The number of nitrogens with zero attached hydrogens (tertiary/aromatic N) is 1. The van der Waals surface area contributed by atoms with Crippen molar-refractivity contribution in [3.63, 3.8) is 0 Å². The standard InChI is InChI=1S/C14H21BrN2OS/c15-14-6-5-13(19-14)11(9-16)17-7-8-18-12-4-2-1-3-10(12)17/h5-6,10-12H,1-4,7-9,16H2. The van der Waals surface area contributed by atoms with Crippen LogP contribution in [0.15, 0.2) is 15.9 Å². The van der Waals surface area contributed by atoms with Gasteiger partial charge in [0.1, 0.15) is 0 Å². The van der Waals surface area contributed by atoms with Crippen LogP contribution in [0.4, 0.5) is 0 Å². The van der Waals surface area contributed by atoms with E-state index in [0.717, 1.165) is 13.2 Å². The number of thiophene rings is 1. The molecule has 3 atom stereocenters. The first kappa shape index (κ1) is 14.0. The molecule has 2 heterocycles. The monoisotopic (exact) mass is 344 g/mol. The average molecular weight is 345 g/mol. The van der Waals surface area contributed by atoms with E-state index < -0.39 is 0 Å². The third kappa shape index (κ3) is 2.90. The van der Waals surface area contributed by atoms with Crippen LogP contribution >= 0.6 is 27.3 Å². The Balaban J connectivity index is 1.81. The maximum Gasteiger partial charge on any atom is 0.0731 e. The zero-order chi connectivity index (χ0) is 13.2. The van der Waals surface area contributed by atoms with E-state index in [1.165, 1.54) is 34.3 Å². The maximum atomic E-state index is 6.08. The van der Waals surface area contributed by atoms with Gasteiger partial charge in [-0.2, -0.15) is 0 Å². The molecule has 1 aromatic heterocycles. The molecule has 0 amide bonds. The molecule has 2 fully saturated rings. The van der Waals surface area contributed by atoms with Gasteiger partial charge in [0.05, 0.1) is 22.5 Å². The number of fused-ring (bicyclic) bond motifs is 1. The Morgan fingerprint density at radius 1 is 1.42 bits per heavy atom. The van der Waals surface area contributed by atoms with Crippen molar-refractivity contribution in [3.05, 3.63) is 20.8 Å². The topological polar surface area (TPSA) is 38.5 Å². The summed E-state index contributed by atoms with van der Waals surface area (Å²) in [6.07, 6.45) is 5.54. The molecule has 0 spiro atoms. The number of morpholine rings is 1. The van der Waals surface area contributed by atoms with Crippen molar-refractivity contribution in [2.75, 3.05) is 19.7 Å². The molecule has 1 saturated heterocycles. The summed E-state index contributed by atoms with van der Waals surface area (Å²) in [5.41, 5.74) is 6.08. The lowest BCUT2D eigenvalue weighted by Gasteiger charge is -2.46. The minimum atomic E-state index is 0.353. The Morgan fingerprint density at radius 3 is 3.00 bits per heavy atom. The quantitative estimate of drug-likeness (QED) is 0.915. The van der Waals surface area contributed by atoms with E-state index in [1.54, 1.807) is 0 Å². The van der Waals surface area contributed by atoms with Gasteiger partial charge in [-0.1, -0.05) is 12.8 Å². The van der Waals surface area contributed by atoms with Crippen molar-refractivity contribution in [1.82, 2.24) is 4.90 Å². The molecule has 2 aliphatic rings. The molecule has 1 saturated carbocycles. The van der Waals surface area contributed by atoms with Crippen LogP contribution in [0.2, 0.25) is 0 Å². The van der Waals surface area contributed by atoms with Gasteiger partial charge >= 0.3 is 0 Å². The number of rotatable bonds is 3. The van der Waals surface area contributed by atoms with Crippen LogP contribution < -0.4 is 5.73 Å². The molecule has 1 aliphatic heterocycles. The minimum Gasteiger partial charge on any atom is -0.375 e. The van der Waals surface area contributed by atoms with E-state index in [-0.39, 0.29) is 0 Å². The van der Waals surface area contributed by atoms with E-state index in [4.69, 9.17) is 10.5 Å². The summed E-state index contributed by atoms with van der Waals surface area (Å²) in [4.78, 5) is 3.98. The third-order valence-electron chi connectivity index (χ3n) is 4.32. The van der Waals surface area contributed by atoms with Crippen molar-refractivity contribution < 1.29 is 4.74 Å². The van der Waals surface area contributed by atoms with Crippen molar-refractivity contribution in [2.45, 2.75) is 43.9 Å². The summed E-state index contributed by atoms with van der Waals surface area (Å²) >= 11 is 5.36. The molecule has 3 unspecified atom stereocenters. The van der Waals surface area contributed by atoms with Gasteiger partial charge in [-0.15, -0.1) is 11.3 Å². The predicted octanol–water partition coefficient (Wildman–Crippen LogP) is 3.15. The molecule has 1 aromatic rings. The van der Waals surface area contributed by atoms with E-state index in [2.05, 4.69) is 33.0 Å². The number of nitrogens with two attached hydrogens (primary N) is 1. The SMILES string of the molecule is NCC(c1ccc(Br)s1)N1CCOC2CCCCC21. The van der Waals surface area contributed by atoms with Crippen LogP contribution in [0.25, 0.3) is 0 Å². The second-order valence-corrected chi connectivity index (χ2v) is 7.89. The first-order valence-corrected chi connectivity index (χ1v) is 8.73. The van der Waals surface area contributed by atoms with Gasteiger partial charge in [0.25, 0.3) is 0 Å². The second kappa shape index (κ2) is 6.22. The lowest BCUT2D eigenvalue weighted by molar-refractivity contribution is -0.102. The Morgan fingerprint density at radius 2 is 2.26 bits per heavy atom. The highest BCUT2D eigenvalue weighted by Gasteiger charge is 2.37. The van der Waals surface area contributed by atoms with Crippen LogP contribution in [0.3, 0.4) is 0 Å². The first-order chi connectivity index (χ1) is 9.29. The second-order valence-electron chi connectivity index (χ2n) is 5.39. The normalized spacial score (nSPS) is 30.0. The average Bonchev–Trinajstić information content (AvgIpc) is 2.86. The van der Waals surface area contributed by atoms with Crippen LogP contribution in [0, 0.1) is 0 Å². The number of hydrogen-bond acceptors (Lipinski definition) is 4. The fourth-order valence-corrected chi connectivity index (χ4v) is 4.99. The van der Waals surface area contributed by atoms with Gasteiger partial charge in [0.2, 0.25) is 0 Å². The van der Waals surface area contributed by atoms with Crippen molar-refractivity contribution in [2.24, 2.45) is 5.73 Å². The third-order valence-corrected chi connectivity index (χ3v) is 6.05. The summed E-state index contributed by atoms with van der Waals surface area (Å²) in [7, 11) is 0. The zero-order valence-electron chi connectivity index (χ0n) is 11.1. The van der Waals surface area contributed by atoms with Crippen molar-refractivity contribution in [3.8, 4) is 0 Å². The van der Waals surface area contributed by atoms with Gasteiger partial charge in [0.15, 0.2) is 0 Å². The molecular formula is C14H21BrN2OS. The molecule has 5 heteroatoms. The molecule has 1 aliphatic carbocycles. The van der Waals surface area contributed by atoms with E-state index in [1.807, 2.05) is 11.3 Å². The van der Waals surface area contributed by atoms with Gasteiger partial charge in [-0.3, -0.25) is 4.90 Å². The maximum absolute atomic E-state index is 6.08. The highest BCUT2D eigenvalue weighted by atomic mass is 79.9. The number of halogens is 1. The largest absolute Gasteiger partial charge is 0.375 e. The molecule has 0 bridgehead atoms. The summed E-state index contributed by atoms with van der Waals surface area (Å²) in [5, 5.41) is 0. The number of hydrogen-bond donors (Lipinski definition) is 1. The molecule has 19 heavy (non-hydrogen) atoms. The summed E-state index contributed by atoms with van der Waals surface area (Å²) in [6.45, 7) is 2.55. The first-order valence-electron chi connectivity index (χ1n) is 7.12. The van der Waals surface area contributed by atoms with E-state index in [9.17, 15) is 0 Å². The Bertz CT molecular complexity index is 423. The van der Waals surface area contributed by atoms with E-state index >= 15 is 0 Å². The Hall–Kier alpha value is 0.0600. The smallest absolute Gasteiger partial charge is 0.0731 e. The Labute approximate surface area is 127 Å². The van der Waals surface area contributed by atoms with Gasteiger partial charge in [-0.05, 0) is 40.9 Å². The Kier molecular flexibility index (Phi) is 4.59. The summed E-state index contributed by atoms with van der Waals surface area (Å²) in [6, 6.07) is 5.25. The van der Waals surface area contributed by atoms with Crippen LogP contribution in [0.5, 0.6) is 0 Å². The molecule has 2 N–H and O–H groups in total. The van der Waals surface area contributed by atoms with Gasteiger partial charge < -0.3 is 10.5 Å². The fourth-order valence-electron chi connectivity index (χ4n) is 3.44. The zero-order valence-corrected chi connectivity index (χ0v) is 13.5. The van der Waals surface area contributed by atoms with Crippen LogP contribution in [-0.4, -0.2) is 36.7 Å². The molecule has 0 aromatic carbocycles. The minimum absolute atomic E-state index is 0.353. The lowest BCUT2D eigenvalue weighted by Crippen LogP contribution is -2.54. The fraction of sp³-hybridized carbons (Fsp3) is 0.714. The van der Waals surface area contributed by atoms with Gasteiger partial charge in [-0.25, -0.2) is 0 Å².